The van der Waals surface area contributed by atoms with Crippen molar-refractivity contribution in [1.82, 2.24) is 41.5 Å². The van der Waals surface area contributed by atoms with Crippen molar-refractivity contribution in [3.05, 3.63) is 157 Å². The SMILES string of the molecule is CC[C@@]1(O)C(=O)OCc2c1cc1n(c2=O)Cc2c-1nc1cc(F)c(C)c3c1c2[C@@H](NC(=O)C(NC(=O)[C@H](Cc1ccccc1)NC(=O)CNC(=O)CNC(=O)[C@H](CC(=O)O)NC(=O)OCC1c2ccccc2-c2ccccc21)C(C)(C)C)CC3. The minimum atomic E-state index is -2.09. The van der Waals surface area contributed by atoms with Crippen molar-refractivity contribution in [3.63, 3.8) is 0 Å². The minimum Gasteiger partial charge on any atom is -0.481 e. The van der Waals surface area contributed by atoms with Gasteiger partial charge in [0.2, 0.25) is 29.5 Å². The van der Waals surface area contributed by atoms with Crippen LogP contribution in [-0.4, -0.2) is 105 Å². The lowest BCUT2D eigenvalue weighted by atomic mass is 9.80. The molecule has 22 heteroatoms. The summed E-state index contributed by atoms with van der Waals surface area (Å²) >= 11 is 0. The summed E-state index contributed by atoms with van der Waals surface area (Å²) in [5.74, 6) is -7.13. The summed E-state index contributed by atoms with van der Waals surface area (Å²) in [5, 5.41) is 37.3. The predicted octanol–water partition coefficient (Wildman–Crippen LogP) is 4.50. The number of carbonyl (C=O) groups excluding carboxylic acids is 7. The number of aryl methyl sites for hydroxylation is 1. The standard InChI is InChI=1S/C62H63FN8O13/c1-6-62(82)41-23-47-53-38(28-71(47)58(79)40(41)30-83-59(62)80)52-43(21-20-33-31(2)42(63)24-44(67-53)51(33)52)68-57(78)54(61(3,4)5)70-56(77)45(22-32-14-8-7-9-15-32)66-49(73)27-64-48(72)26-65-55(76)46(25-50(74)75)69-60(81)84-29-39-36-18-12-10-16-34(36)35-17-11-13-19-37(35)39/h7-19,23-24,39,43,45-46,54,82H,6,20-22,25-30H2,1-5H3,(H,64,72)(H,65,76)(H,66,73)(H,68,78)(H,69,81)(H,70,77)(H,74,75)/t43-,45-,46-,54?,62-/m0/s1. The van der Waals surface area contributed by atoms with Crippen molar-refractivity contribution in [1.29, 1.82) is 0 Å². The number of hydrogen-bond donors (Lipinski definition) is 8. The molecule has 0 bridgehead atoms. The van der Waals surface area contributed by atoms with Crippen molar-refractivity contribution in [2.45, 2.75) is 116 Å². The molecule has 84 heavy (non-hydrogen) atoms. The summed E-state index contributed by atoms with van der Waals surface area (Å²) < 4.78 is 27.9. The van der Waals surface area contributed by atoms with Gasteiger partial charge in [-0.1, -0.05) is 107 Å². The van der Waals surface area contributed by atoms with E-state index >= 15 is 4.39 Å². The van der Waals surface area contributed by atoms with Crippen LogP contribution in [0, 0.1) is 18.2 Å². The van der Waals surface area contributed by atoms with E-state index in [2.05, 4.69) is 31.9 Å². The van der Waals surface area contributed by atoms with E-state index in [1.54, 1.807) is 71.0 Å². The minimum absolute atomic E-state index is 0.00162. The van der Waals surface area contributed by atoms with Crippen molar-refractivity contribution >= 4 is 58.5 Å². The van der Waals surface area contributed by atoms with Gasteiger partial charge < -0.3 is 56.2 Å². The van der Waals surface area contributed by atoms with Crippen LogP contribution in [0.4, 0.5) is 9.18 Å². The number of carbonyl (C=O) groups is 8. The molecule has 0 saturated carbocycles. The first kappa shape index (κ1) is 57.9. The summed E-state index contributed by atoms with van der Waals surface area (Å²) in [5.41, 5.74) is 4.36. The number of fused-ring (bicyclic) bond motifs is 8. The summed E-state index contributed by atoms with van der Waals surface area (Å²) in [4.78, 5) is 126. The number of esters is 1. The molecule has 0 spiro atoms. The molecule has 6 aromatic rings. The highest BCUT2D eigenvalue weighted by Crippen LogP contribution is 2.47. The van der Waals surface area contributed by atoms with E-state index in [0.29, 0.717) is 57.4 Å². The normalized spacial score (nSPS) is 17.4. The molecule has 0 saturated heterocycles. The zero-order valence-corrected chi connectivity index (χ0v) is 46.8. The molecule has 0 radical (unpaired) electrons. The molecule has 436 valence electrons. The number of rotatable bonds is 18. The third-order valence-electron chi connectivity index (χ3n) is 16.2. The van der Waals surface area contributed by atoms with Gasteiger partial charge in [0, 0.05) is 34.9 Å². The average Bonchev–Trinajstić information content (AvgIpc) is 2.47. The number of nitrogens with zero attached hydrogens (tertiary/aromatic N) is 2. The second-order valence-corrected chi connectivity index (χ2v) is 22.6. The molecule has 4 aromatic carbocycles. The molecule has 2 aromatic heterocycles. The number of amides is 6. The first-order chi connectivity index (χ1) is 40.1. The zero-order valence-electron chi connectivity index (χ0n) is 46.8. The Hall–Kier alpha value is -9.31. The van der Waals surface area contributed by atoms with Gasteiger partial charge >= 0.3 is 18.0 Å². The molecular weight excluding hydrogens is 1080 g/mol. The lowest BCUT2D eigenvalue weighted by Gasteiger charge is -2.35. The molecule has 1 unspecified atom stereocenters. The fraction of sp³-hybridized carbons (Fsp3) is 0.355. The molecular formula is C62H63FN8O13. The molecule has 4 aliphatic rings. The van der Waals surface area contributed by atoms with Gasteiger partial charge in [-0.15, -0.1) is 0 Å². The molecule has 10 rings (SSSR count). The highest BCUT2D eigenvalue weighted by molar-refractivity contribution is 5.97. The number of ether oxygens (including phenoxy) is 2. The number of aliphatic hydroxyl groups is 1. The number of aromatic nitrogens is 2. The lowest BCUT2D eigenvalue weighted by Crippen LogP contribution is -2.59. The van der Waals surface area contributed by atoms with Crippen LogP contribution in [0.15, 0.2) is 95.8 Å². The van der Waals surface area contributed by atoms with Crippen LogP contribution in [0.3, 0.4) is 0 Å². The highest BCUT2D eigenvalue weighted by Gasteiger charge is 2.46. The van der Waals surface area contributed by atoms with Crippen molar-refractivity contribution in [2.24, 2.45) is 5.41 Å². The Morgan fingerprint density at radius 2 is 1.49 bits per heavy atom. The molecule has 0 fully saturated rings. The largest absolute Gasteiger partial charge is 0.481 e. The maximum Gasteiger partial charge on any atom is 0.407 e. The average molecular weight is 1150 g/mol. The number of carboxylic acid groups (broad SMARTS) is 1. The Morgan fingerprint density at radius 3 is 2.15 bits per heavy atom. The van der Waals surface area contributed by atoms with Crippen molar-refractivity contribution < 1.29 is 62.4 Å². The van der Waals surface area contributed by atoms with Crippen LogP contribution >= 0.6 is 0 Å². The maximum atomic E-state index is 15.7. The second kappa shape index (κ2) is 23.1. The molecule has 2 aliphatic carbocycles. The summed E-state index contributed by atoms with van der Waals surface area (Å²) in [6.07, 6.45) is -1.38. The molecule has 6 amide bonds. The van der Waals surface area contributed by atoms with E-state index in [1.807, 2.05) is 48.5 Å². The van der Waals surface area contributed by atoms with Crippen LogP contribution in [0.1, 0.15) is 109 Å². The van der Waals surface area contributed by atoms with E-state index in [9.17, 15) is 53.4 Å². The number of nitrogens with one attached hydrogen (secondary N) is 6. The van der Waals surface area contributed by atoms with Gasteiger partial charge in [-0.25, -0.2) is 19.0 Å². The van der Waals surface area contributed by atoms with Gasteiger partial charge in [-0.2, -0.15) is 0 Å². The van der Waals surface area contributed by atoms with E-state index in [1.165, 1.54) is 10.6 Å². The molecule has 5 atom stereocenters. The Kier molecular flexibility index (Phi) is 16.0. The zero-order chi connectivity index (χ0) is 59.9. The first-order valence-electron chi connectivity index (χ1n) is 27.7. The number of aliphatic carboxylic acids is 1. The Labute approximate surface area is 481 Å². The lowest BCUT2D eigenvalue weighted by molar-refractivity contribution is -0.172. The number of hydrogen-bond acceptors (Lipinski definition) is 13. The smallest absolute Gasteiger partial charge is 0.407 e. The fourth-order valence-electron chi connectivity index (χ4n) is 11.9. The number of benzene rings is 4. The molecule has 21 nitrogen and oxygen atoms in total. The van der Waals surface area contributed by atoms with Gasteiger partial charge in [0.15, 0.2) is 5.60 Å². The highest BCUT2D eigenvalue weighted by atomic mass is 19.1. The number of alkyl carbamates (subject to hydrolysis) is 1. The summed E-state index contributed by atoms with van der Waals surface area (Å²) in [6.45, 7) is 6.66. The molecule has 2 aliphatic heterocycles. The number of cyclic esters (lactones) is 1. The van der Waals surface area contributed by atoms with Gasteiger partial charge in [0.05, 0.1) is 54.6 Å². The van der Waals surface area contributed by atoms with E-state index in [-0.39, 0.29) is 55.2 Å². The monoisotopic (exact) mass is 1150 g/mol. The number of halogens is 1. The molecule has 4 heterocycles. The molecule has 8 N–H and O–H groups in total. The van der Waals surface area contributed by atoms with E-state index < -0.39 is 114 Å². The summed E-state index contributed by atoms with van der Waals surface area (Å²) in [7, 11) is 0. The fourth-order valence-corrected chi connectivity index (χ4v) is 11.9. The van der Waals surface area contributed by atoms with Crippen LogP contribution in [0.5, 0.6) is 0 Å². The second-order valence-electron chi connectivity index (χ2n) is 22.6. The van der Waals surface area contributed by atoms with Crippen LogP contribution in [0.25, 0.3) is 33.4 Å². The van der Waals surface area contributed by atoms with Gasteiger partial charge in [-0.05, 0) is 82.2 Å². The Balaban J connectivity index is 0.805. The quantitative estimate of drug-likeness (QED) is 0.0549. The summed E-state index contributed by atoms with van der Waals surface area (Å²) in [6, 6.07) is 22.0. The van der Waals surface area contributed by atoms with Crippen molar-refractivity contribution in [3.8, 4) is 22.5 Å². The van der Waals surface area contributed by atoms with Crippen LogP contribution in [0.2, 0.25) is 0 Å². The van der Waals surface area contributed by atoms with Crippen molar-refractivity contribution in [2.75, 3.05) is 19.7 Å². The third kappa shape index (κ3) is 11.2. The van der Waals surface area contributed by atoms with Gasteiger partial charge in [0.1, 0.15) is 37.2 Å². The van der Waals surface area contributed by atoms with E-state index in [0.717, 1.165) is 22.3 Å². The first-order valence-corrected chi connectivity index (χ1v) is 27.7. The van der Waals surface area contributed by atoms with Gasteiger partial charge in [-0.3, -0.25) is 33.6 Å². The number of pyridine rings is 2. The number of carboxylic acids is 1. The van der Waals surface area contributed by atoms with E-state index in [4.69, 9.17) is 14.5 Å². The van der Waals surface area contributed by atoms with Crippen LogP contribution in [-0.2, 0) is 74.6 Å². The van der Waals surface area contributed by atoms with Crippen LogP contribution < -0.4 is 37.5 Å². The maximum absolute atomic E-state index is 15.7. The third-order valence-corrected chi connectivity index (χ3v) is 16.2. The Bertz CT molecular complexity index is 3740. The Morgan fingerprint density at radius 1 is 0.821 bits per heavy atom. The topological polar surface area (TPSA) is 303 Å². The predicted molar refractivity (Wildman–Crippen MR) is 302 cm³/mol. The van der Waals surface area contributed by atoms with Gasteiger partial charge in [0.25, 0.3) is 5.56 Å².